The van der Waals surface area contributed by atoms with Crippen molar-refractivity contribution in [3.63, 3.8) is 0 Å². The summed E-state index contributed by atoms with van der Waals surface area (Å²) in [5.41, 5.74) is 0. The Kier molecular flexibility index (Phi) is 41.9. The summed E-state index contributed by atoms with van der Waals surface area (Å²) in [6.07, 6.45) is 49.1. The SMILES string of the molecule is CCCCCCC/C=C\C/C=C\CCCCCCCCCCCCCCOCC(COP(=O)([O-])OCC[N+](C)(C)C)OC(=O)CCCCCCCCCCCCCC. The maximum atomic E-state index is 12.7. The van der Waals surface area contributed by atoms with Gasteiger partial charge in [-0.3, -0.25) is 9.36 Å². The lowest BCUT2D eigenvalue weighted by atomic mass is 10.0. The average Bonchev–Trinajstić information content (AvgIpc) is 3.18. The lowest BCUT2D eigenvalue weighted by Crippen LogP contribution is -2.37. The molecule has 0 aromatic carbocycles. The predicted molar refractivity (Wildman–Crippen MR) is 245 cm³/mol. The fourth-order valence-electron chi connectivity index (χ4n) is 6.93. The summed E-state index contributed by atoms with van der Waals surface area (Å²) in [6.45, 7) is 5.43. The van der Waals surface area contributed by atoms with Gasteiger partial charge in [0.05, 0.1) is 34.4 Å². The van der Waals surface area contributed by atoms with Gasteiger partial charge in [0.25, 0.3) is 7.82 Å². The molecule has 0 rings (SSSR count). The third-order valence-corrected chi connectivity index (χ3v) is 11.7. The molecule has 0 aliphatic carbocycles. The van der Waals surface area contributed by atoms with E-state index in [0.717, 1.165) is 38.5 Å². The second kappa shape index (κ2) is 42.7. The number of esters is 1. The molecule has 0 saturated carbocycles. The quantitative estimate of drug-likeness (QED) is 0.0198. The van der Waals surface area contributed by atoms with E-state index in [2.05, 4.69) is 38.2 Å². The average molecular weight is 842 g/mol. The highest BCUT2D eigenvalue weighted by Crippen LogP contribution is 2.38. The zero-order valence-electron chi connectivity index (χ0n) is 39.0. The van der Waals surface area contributed by atoms with E-state index in [9.17, 15) is 14.3 Å². The van der Waals surface area contributed by atoms with Crippen LogP contribution in [0.3, 0.4) is 0 Å². The maximum Gasteiger partial charge on any atom is 0.306 e. The number of carbonyl (C=O) groups excluding carboxylic acids is 1. The van der Waals surface area contributed by atoms with E-state index in [-0.39, 0.29) is 25.8 Å². The molecule has 344 valence electrons. The third kappa shape index (κ3) is 46.1. The zero-order chi connectivity index (χ0) is 42.7. The van der Waals surface area contributed by atoms with E-state index in [1.54, 1.807) is 0 Å². The third-order valence-electron chi connectivity index (χ3n) is 10.8. The van der Waals surface area contributed by atoms with Crippen LogP contribution in [0.15, 0.2) is 24.3 Å². The number of phosphoric acid groups is 1. The Morgan fingerprint density at radius 3 is 1.40 bits per heavy atom. The Labute approximate surface area is 360 Å². The van der Waals surface area contributed by atoms with Gasteiger partial charge in [-0.1, -0.05) is 199 Å². The van der Waals surface area contributed by atoms with Crippen LogP contribution in [0.25, 0.3) is 0 Å². The fraction of sp³-hybridized carbons (Fsp3) is 0.898. The van der Waals surface area contributed by atoms with Crippen LogP contribution in [0.4, 0.5) is 0 Å². The first kappa shape index (κ1) is 57.0. The van der Waals surface area contributed by atoms with E-state index in [1.807, 2.05) is 21.1 Å². The number of carbonyl (C=O) groups is 1. The molecule has 0 saturated heterocycles. The zero-order valence-corrected chi connectivity index (χ0v) is 39.9. The van der Waals surface area contributed by atoms with Crippen LogP contribution in [-0.2, 0) is 27.9 Å². The van der Waals surface area contributed by atoms with Gasteiger partial charge in [-0.25, -0.2) is 0 Å². The molecule has 58 heavy (non-hydrogen) atoms. The summed E-state index contributed by atoms with van der Waals surface area (Å²) in [5, 5.41) is 0. The summed E-state index contributed by atoms with van der Waals surface area (Å²) in [4.78, 5) is 25.1. The summed E-state index contributed by atoms with van der Waals surface area (Å²) < 4.78 is 34.7. The number of allylic oxidation sites excluding steroid dienone is 4. The van der Waals surface area contributed by atoms with Crippen molar-refractivity contribution in [3.8, 4) is 0 Å². The number of hydrogen-bond acceptors (Lipinski definition) is 7. The molecule has 0 bridgehead atoms. The Morgan fingerprint density at radius 1 is 0.534 bits per heavy atom. The number of hydrogen-bond donors (Lipinski definition) is 0. The van der Waals surface area contributed by atoms with Crippen molar-refractivity contribution >= 4 is 13.8 Å². The summed E-state index contributed by atoms with van der Waals surface area (Å²) >= 11 is 0. The van der Waals surface area contributed by atoms with Crippen LogP contribution < -0.4 is 4.89 Å². The normalized spacial score (nSPS) is 13.8. The topological polar surface area (TPSA) is 94.1 Å². The molecule has 0 heterocycles. The highest BCUT2D eigenvalue weighted by Gasteiger charge is 2.20. The van der Waals surface area contributed by atoms with E-state index in [4.69, 9.17) is 18.5 Å². The monoisotopic (exact) mass is 842 g/mol. The van der Waals surface area contributed by atoms with Gasteiger partial charge in [-0.05, 0) is 44.9 Å². The second-order valence-electron chi connectivity index (χ2n) is 17.8. The molecular formula is C49H96NO7P. The molecule has 8 nitrogen and oxygen atoms in total. The van der Waals surface area contributed by atoms with E-state index >= 15 is 0 Å². The van der Waals surface area contributed by atoms with Crippen LogP contribution in [0.5, 0.6) is 0 Å². The van der Waals surface area contributed by atoms with Crippen molar-refractivity contribution in [1.29, 1.82) is 0 Å². The smallest absolute Gasteiger partial charge is 0.306 e. The standard InChI is InChI=1S/C49H96NO7P/c1-6-8-10-12-14-16-18-20-21-22-23-24-25-26-27-28-29-30-31-33-35-37-39-41-44-54-46-48(47-56-58(52,53)55-45-43-50(3,4)5)57-49(51)42-40-38-36-34-32-19-17-15-13-11-9-7-2/h18,20,22-23,48H,6-17,19,21,24-47H2,1-5H3/b20-18-,23-22-. The molecule has 9 heteroatoms. The molecular weight excluding hydrogens is 746 g/mol. The minimum atomic E-state index is -4.52. The molecule has 2 unspecified atom stereocenters. The number of quaternary nitrogens is 1. The molecule has 0 aliphatic heterocycles. The molecule has 0 amide bonds. The van der Waals surface area contributed by atoms with E-state index in [1.165, 1.54) is 167 Å². The predicted octanol–water partition coefficient (Wildman–Crippen LogP) is 14.1. The van der Waals surface area contributed by atoms with Gasteiger partial charge in [0.15, 0.2) is 0 Å². The summed E-state index contributed by atoms with van der Waals surface area (Å²) in [7, 11) is 1.37. The van der Waals surface area contributed by atoms with Crippen molar-refractivity contribution in [1.82, 2.24) is 0 Å². The van der Waals surface area contributed by atoms with Gasteiger partial charge in [-0.15, -0.1) is 0 Å². The number of likely N-dealkylation sites (N-methyl/N-ethyl adjacent to an activating group) is 1. The molecule has 0 spiro atoms. The van der Waals surface area contributed by atoms with Gasteiger partial charge < -0.3 is 27.9 Å². The van der Waals surface area contributed by atoms with Gasteiger partial charge in [0, 0.05) is 13.0 Å². The Hall–Kier alpha value is -1.02. The van der Waals surface area contributed by atoms with Crippen LogP contribution in [-0.4, -0.2) is 70.7 Å². The van der Waals surface area contributed by atoms with Crippen LogP contribution >= 0.6 is 7.82 Å². The van der Waals surface area contributed by atoms with Crippen LogP contribution in [0.2, 0.25) is 0 Å². The fourth-order valence-corrected chi connectivity index (χ4v) is 7.66. The summed E-state index contributed by atoms with van der Waals surface area (Å²) in [6, 6.07) is 0. The van der Waals surface area contributed by atoms with Crippen LogP contribution in [0.1, 0.15) is 226 Å². The minimum Gasteiger partial charge on any atom is -0.756 e. The second-order valence-corrected chi connectivity index (χ2v) is 19.2. The van der Waals surface area contributed by atoms with E-state index < -0.39 is 13.9 Å². The first-order valence-electron chi connectivity index (χ1n) is 24.6. The Balaban J connectivity index is 4.06. The number of ether oxygens (including phenoxy) is 2. The van der Waals surface area contributed by atoms with Gasteiger partial charge in [0.1, 0.15) is 19.3 Å². The highest BCUT2D eigenvalue weighted by atomic mass is 31.2. The van der Waals surface area contributed by atoms with Crippen molar-refractivity contribution in [2.45, 2.75) is 232 Å². The maximum absolute atomic E-state index is 12.7. The minimum absolute atomic E-state index is 0.0283. The molecule has 0 N–H and O–H groups in total. The van der Waals surface area contributed by atoms with Crippen molar-refractivity contribution in [2.24, 2.45) is 0 Å². The molecule has 2 atom stereocenters. The largest absolute Gasteiger partial charge is 0.756 e. The number of unbranched alkanes of at least 4 members (excludes halogenated alkanes) is 28. The van der Waals surface area contributed by atoms with Gasteiger partial charge >= 0.3 is 5.97 Å². The Morgan fingerprint density at radius 2 is 0.948 bits per heavy atom. The van der Waals surface area contributed by atoms with E-state index in [0.29, 0.717) is 24.1 Å². The number of rotatable bonds is 46. The first-order valence-corrected chi connectivity index (χ1v) is 26.0. The first-order chi connectivity index (χ1) is 28.1. The molecule has 0 radical (unpaired) electrons. The number of phosphoric ester groups is 1. The molecule has 0 aliphatic rings. The molecule has 0 aromatic rings. The number of nitrogens with zero attached hydrogens (tertiary/aromatic N) is 1. The molecule has 0 fully saturated rings. The van der Waals surface area contributed by atoms with Crippen molar-refractivity contribution in [2.75, 3.05) is 54.1 Å². The lowest BCUT2D eigenvalue weighted by Gasteiger charge is -2.28. The van der Waals surface area contributed by atoms with Crippen molar-refractivity contribution in [3.05, 3.63) is 24.3 Å². The highest BCUT2D eigenvalue weighted by molar-refractivity contribution is 7.45. The molecule has 0 aromatic heterocycles. The van der Waals surface area contributed by atoms with Crippen LogP contribution in [0, 0.1) is 0 Å². The summed E-state index contributed by atoms with van der Waals surface area (Å²) in [5.74, 6) is -0.332. The van der Waals surface area contributed by atoms with Gasteiger partial charge in [-0.2, -0.15) is 0 Å². The Bertz CT molecular complexity index is 983. The van der Waals surface area contributed by atoms with Gasteiger partial charge in [0.2, 0.25) is 0 Å². The van der Waals surface area contributed by atoms with Crippen molar-refractivity contribution < 1.29 is 37.3 Å². The lowest BCUT2D eigenvalue weighted by molar-refractivity contribution is -0.870.